The Labute approximate surface area is 286 Å². The number of hydrogen-bond donors (Lipinski definition) is 8. The number of amides is 1. The van der Waals surface area contributed by atoms with Crippen LogP contribution in [0.15, 0.2) is 17.1 Å². The number of carbonyl (C=O) groups is 2. The molecule has 0 spiro atoms. The van der Waals surface area contributed by atoms with E-state index < -0.39 is 106 Å². The Morgan fingerprint density at radius 1 is 1.30 bits per heavy atom. The summed E-state index contributed by atoms with van der Waals surface area (Å²) in [6.07, 6.45) is -15.1. The minimum atomic E-state index is -5.81. The van der Waals surface area contributed by atoms with Gasteiger partial charge in [-0.3, -0.25) is 18.5 Å². The summed E-state index contributed by atoms with van der Waals surface area (Å²) in [5.74, 6) is -6.70. The number of ether oxygens (including phenoxy) is 2. The number of aromatic nitrogens is 2. The summed E-state index contributed by atoms with van der Waals surface area (Å²) < 4.78 is 33.1. The fourth-order valence-corrected chi connectivity index (χ4v) is 5.24. The van der Waals surface area contributed by atoms with Crippen LogP contribution in [0.2, 0.25) is 0 Å². The van der Waals surface area contributed by atoms with Crippen molar-refractivity contribution in [2.24, 2.45) is 0 Å². The van der Waals surface area contributed by atoms with Crippen LogP contribution in [0.4, 0.5) is 5.82 Å². The number of phosphoric ester groups is 1. The average Bonchev–Trinajstić information content (AvgIpc) is 3.16. The summed E-state index contributed by atoms with van der Waals surface area (Å²) in [4.78, 5) is 51.8. The number of aliphatic carboxylic acids is 1. The van der Waals surface area contributed by atoms with E-state index in [0.717, 1.165) is 17.7 Å². The van der Waals surface area contributed by atoms with Crippen molar-refractivity contribution in [1.29, 1.82) is 0 Å². The molecule has 0 bridgehead atoms. The molecule has 23 heteroatoms. The topological polar surface area (TPSA) is 329 Å². The summed E-state index contributed by atoms with van der Waals surface area (Å²) in [6.45, 7) is -1.18. The Morgan fingerprint density at radius 3 is 2.47 bits per heavy atom. The van der Waals surface area contributed by atoms with Gasteiger partial charge in [0, 0.05) is 19.5 Å². The maximum atomic E-state index is 12.7. The van der Waals surface area contributed by atoms with Crippen molar-refractivity contribution in [1.82, 2.24) is 14.9 Å². The molecular weight excluding hydrogens is 629 g/mol. The molecule has 0 aliphatic carbocycles. The van der Waals surface area contributed by atoms with Gasteiger partial charge in [-0.05, 0) is 6.07 Å². The molecule has 0 aromatic carbocycles. The number of aliphatic hydroxyl groups excluding tert-OH is 6. The number of hydrogen-bond acceptors (Lipinski definition) is 18. The zero-order chi connectivity index (χ0) is 30.9. The van der Waals surface area contributed by atoms with E-state index in [1.54, 1.807) is 0 Å². The first-order valence-electron chi connectivity index (χ1n) is 11.9. The summed E-state index contributed by atoms with van der Waals surface area (Å²) in [6, 6.07) is -0.426. The van der Waals surface area contributed by atoms with E-state index >= 15 is 0 Å². The second kappa shape index (κ2) is 16.3. The molecule has 3 rings (SSSR count). The molecule has 232 valence electrons. The van der Waals surface area contributed by atoms with Crippen LogP contribution < -0.4 is 85.9 Å². The first-order chi connectivity index (χ1) is 19.0. The van der Waals surface area contributed by atoms with Crippen LogP contribution in [0.3, 0.4) is 0 Å². The molecule has 20 nitrogen and oxygen atoms in total. The second-order valence-corrected chi connectivity index (χ2v) is 10.6. The molecule has 2 aliphatic rings. The number of aliphatic hydroxyl groups is 6. The van der Waals surface area contributed by atoms with Crippen LogP contribution in [0, 0.1) is 0 Å². The van der Waals surface area contributed by atoms with Crippen LogP contribution in [-0.2, 0) is 32.7 Å². The molecule has 2 aliphatic heterocycles. The third kappa shape index (κ3) is 9.47. The molecule has 2 saturated heterocycles. The van der Waals surface area contributed by atoms with Gasteiger partial charge in [0.25, 0.3) is 7.82 Å². The van der Waals surface area contributed by atoms with Crippen molar-refractivity contribution >= 4 is 25.5 Å². The van der Waals surface area contributed by atoms with Crippen molar-refractivity contribution in [2.75, 3.05) is 18.9 Å². The van der Waals surface area contributed by atoms with Gasteiger partial charge < -0.3 is 70.5 Å². The fraction of sp³-hybridized carbons (Fsp3) is 0.700. The quantitative estimate of drug-likeness (QED) is 0.0808. The second-order valence-electron chi connectivity index (χ2n) is 9.28. The van der Waals surface area contributed by atoms with Gasteiger partial charge in [-0.1, -0.05) is 0 Å². The number of carboxylic acids is 1. The molecule has 2 fully saturated rings. The third-order valence-corrected chi connectivity index (χ3v) is 7.27. The molecule has 3 unspecified atom stereocenters. The van der Waals surface area contributed by atoms with E-state index in [2.05, 4.69) is 19.3 Å². The summed E-state index contributed by atoms with van der Waals surface area (Å²) >= 11 is 0. The van der Waals surface area contributed by atoms with E-state index in [4.69, 9.17) is 20.3 Å². The van der Waals surface area contributed by atoms with Gasteiger partial charge in [0.1, 0.15) is 48.4 Å². The Balaban J connectivity index is 0.00000462. The normalized spacial score (nSPS) is 33.3. The van der Waals surface area contributed by atoms with Crippen LogP contribution in [0.5, 0.6) is 0 Å². The molecule has 1 amide bonds. The van der Waals surface area contributed by atoms with Crippen LogP contribution >= 0.6 is 7.82 Å². The number of carboxylic acid groups (broad SMARTS) is 1. The zero-order valence-corrected chi connectivity index (χ0v) is 28.1. The van der Waals surface area contributed by atoms with E-state index in [-0.39, 0.29) is 64.9 Å². The van der Waals surface area contributed by atoms with Gasteiger partial charge in [0.2, 0.25) is 11.7 Å². The molecular formula is C20H29N4Na2O16P. The van der Waals surface area contributed by atoms with Crippen molar-refractivity contribution in [3.63, 3.8) is 0 Å². The molecule has 1 aromatic rings. The molecule has 11 atom stereocenters. The first-order valence-corrected chi connectivity index (χ1v) is 13.3. The molecule has 0 radical (unpaired) electrons. The molecule has 9 N–H and O–H groups in total. The largest absolute Gasteiger partial charge is 1.00 e. The Hall–Kier alpha value is -0.590. The number of rotatable bonds is 11. The van der Waals surface area contributed by atoms with Gasteiger partial charge in [-0.15, -0.1) is 0 Å². The number of nitrogens with two attached hydrogens (primary N) is 1. The number of anilines is 1. The SMILES string of the molecule is CC(=O)N[C@@H]1C(O)C[C@@](OP(=O)([O-])OC[C@H]2O[C@@H](n3ccc(N)nc3=O)[C@H](O)[C@@H]2O)(C(=O)[O-])O[C@H]1C(O)[C@H](O)CO.[Na+].[Na+]. The van der Waals surface area contributed by atoms with Crippen molar-refractivity contribution in [3.8, 4) is 0 Å². The average molecular weight is 658 g/mol. The molecule has 3 heterocycles. The van der Waals surface area contributed by atoms with E-state index in [1.807, 2.05) is 0 Å². The van der Waals surface area contributed by atoms with Crippen LogP contribution in [0.25, 0.3) is 0 Å². The molecule has 1 aromatic heterocycles. The fourth-order valence-electron chi connectivity index (χ4n) is 4.30. The Morgan fingerprint density at radius 2 is 1.93 bits per heavy atom. The first kappa shape index (κ1) is 40.4. The molecule has 43 heavy (non-hydrogen) atoms. The maximum Gasteiger partial charge on any atom is 1.00 e. The van der Waals surface area contributed by atoms with Gasteiger partial charge in [-0.2, -0.15) is 4.98 Å². The van der Waals surface area contributed by atoms with Gasteiger partial charge in [-0.25, -0.2) is 4.79 Å². The summed E-state index contributed by atoms with van der Waals surface area (Å²) in [5, 5.41) is 74.7. The number of nitrogens with one attached hydrogen (secondary N) is 1. The van der Waals surface area contributed by atoms with E-state index in [1.165, 1.54) is 6.07 Å². The number of nitrogen functional groups attached to an aromatic ring is 1. The number of nitrogens with zero attached hydrogens (tertiary/aromatic N) is 2. The molecule has 0 saturated carbocycles. The summed E-state index contributed by atoms with van der Waals surface area (Å²) in [7, 11) is -5.81. The smallest absolute Gasteiger partial charge is 0.756 e. The minimum Gasteiger partial charge on any atom is -0.756 e. The standard InChI is InChI=1S/C20H31N4O16P.2Na/c1-7(26)22-12-8(27)4-20(18(32)33,39-16(12)13(29)9(28)5-25)40-41(35,36)37-6-10-14(30)15(31)17(38-10)24-3-2-11(21)23-19(24)34;;/h2-3,8-10,12-17,25,27-31H,4-6H2,1H3,(H,22,26)(H,32,33)(H,35,36)(H2,21,23,34);;/q;2*+1/p-2/t8?,9-,10-,12-,13?,14-,15-,16-,17-,20-;;/m1../s1. The zero-order valence-electron chi connectivity index (χ0n) is 23.2. The third-order valence-electron chi connectivity index (χ3n) is 6.29. The van der Waals surface area contributed by atoms with Gasteiger partial charge >= 0.3 is 64.8 Å². The predicted octanol–water partition coefficient (Wildman–Crippen LogP) is -13.2. The van der Waals surface area contributed by atoms with Crippen molar-refractivity contribution < 1.29 is 132 Å². The summed E-state index contributed by atoms with van der Waals surface area (Å²) in [5.41, 5.74) is 4.43. The van der Waals surface area contributed by atoms with Crippen molar-refractivity contribution in [3.05, 3.63) is 22.7 Å². The number of carbonyl (C=O) groups excluding carboxylic acids is 2. The van der Waals surface area contributed by atoms with Crippen molar-refractivity contribution in [2.45, 2.75) is 74.1 Å². The van der Waals surface area contributed by atoms with E-state index in [0.29, 0.717) is 0 Å². The maximum absolute atomic E-state index is 12.7. The van der Waals surface area contributed by atoms with E-state index in [9.17, 15) is 54.5 Å². The monoisotopic (exact) mass is 658 g/mol. The van der Waals surface area contributed by atoms with Crippen LogP contribution in [0.1, 0.15) is 19.6 Å². The van der Waals surface area contributed by atoms with Crippen LogP contribution in [-0.4, -0.2) is 120 Å². The van der Waals surface area contributed by atoms with Gasteiger partial charge in [0.15, 0.2) is 6.23 Å². The minimum absolute atomic E-state index is 0. The Kier molecular flexibility index (Phi) is 15.3. The predicted molar refractivity (Wildman–Crippen MR) is 123 cm³/mol. The van der Waals surface area contributed by atoms with Gasteiger partial charge in [0.05, 0.1) is 25.4 Å². The number of phosphoric acid groups is 1. The Bertz CT molecular complexity index is 1230.